The number of sulfonamides is 1. The van der Waals surface area contributed by atoms with E-state index in [1.54, 1.807) is 31.2 Å². The van der Waals surface area contributed by atoms with Gasteiger partial charge in [0.05, 0.1) is 5.02 Å². The number of anilines is 2. The molecule has 25 heavy (non-hydrogen) atoms. The summed E-state index contributed by atoms with van der Waals surface area (Å²) in [6.07, 6.45) is 0. The fraction of sp³-hybridized carbons (Fsp3) is 0.188. The number of carbonyl (C=O) groups is 1. The van der Waals surface area contributed by atoms with Crippen molar-refractivity contribution >= 4 is 54.8 Å². The molecule has 0 aliphatic rings. The molecule has 0 heterocycles. The lowest BCUT2D eigenvalue weighted by atomic mass is 10.3. The molecule has 0 radical (unpaired) electrons. The van der Waals surface area contributed by atoms with Crippen molar-refractivity contribution in [2.45, 2.75) is 11.8 Å². The van der Waals surface area contributed by atoms with E-state index in [4.69, 9.17) is 16.3 Å². The Morgan fingerprint density at radius 3 is 2.44 bits per heavy atom. The monoisotopic (exact) mass is 446 g/mol. The van der Waals surface area contributed by atoms with Crippen LogP contribution in [-0.4, -0.2) is 27.5 Å². The number of carbonyl (C=O) groups excluding carboxylic acids is 1. The second-order valence-corrected chi connectivity index (χ2v) is 7.92. The van der Waals surface area contributed by atoms with E-state index in [0.29, 0.717) is 18.0 Å². The van der Waals surface area contributed by atoms with Crippen molar-refractivity contribution in [3.05, 3.63) is 52.0 Å². The molecule has 0 fully saturated rings. The third-order valence-corrected chi connectivity index (χ3v) is 5.43. The molecule has 9 heteroatoms. The number of benzene rings is 2. The lowest BCUT2D eigenvalue weighted by molar-refractivity contribution is -0.120. The molecule has 2 aromatic carbocycles. The van der Waals surface area contributed by atoms with Crippen molar-refractivity contribution in [1.82, 2.24) is 0 Å². The Kier molecular flexibility index (Phi) is 6.83. The maximum Gasteiger partial charge on any atom is 0.263 e. The van der Waals surface area contributed by atoms with Crippen LogP contribution in [0, 0.1) is 0 Å². The molecule has 0 spiro atoms. The van der Waals surface area contributed by atoms with Gasteiger partial charge in [-0.1, -0.05) is 27.5 Å². The van der Waals surface area contributed by atoms with Gasteiger partial charge in [0.1, 0.15) is 11.5 Å². The van der Waals surface area contributed by atoms with Gasteiger partial charge in [-0.05, 0) is 49.4 Å². The van der Waals surface area contributed by atoms with Gasteiger partial charge in [-0.3, -0.25) is 9.52 Å². The Morgan fingerprint density at radius 1 is 1.16 bits per heavy atom. The van der Waals surface area contributed by atoms with Crippen molar-refractivity contribution < 1.29 is 17.9 Å². The van der Waals surface area contributed by atoms with Crippen LogP contribution in [0.4, 0.5) is 11.4 Å². The number of hydrogen-bond donors (Lipinski definition) is 2. The van der Waals surface area contributed by atoms with E-state index < -0.39 is 10.0 Å². The lowest BCUT2D eigenvalue weighted by Gasteiger charge is -2.12. The molecule has 0 aliphatic carbocycles. The molecule has 2 aromatic rings. The van der Waals surface area contributed by atoms with Gasteiger partial charge in [0, 0.05) is 22.5 Å². The Bertz CT molecular complexity index is 857. The number of hydrogen-bond acceptors (Lipinski definition) is 4. The van der Waals surface area contributed by atoms with Crippen LogP contribution in [0.1, 0.15) is 6.92 Å². The molecule has 2 rings (SSSR count). The largest absolute Gasteiger partial charge is 0.372 e. The highest BCUT2D eigenvalue weighted by Gasteiger charge is 2.19. The standard InChI is InChI=1S/C16H16BrClN2O4S/c1-2-24-10-16(21)19-13-7-8-14(18)15(9-13)25(22,23)20-12-5-3-11(17)4-6-12/h3-9,20H,2,10H2,1H3,(H,19,21). The summed E-state index contributed by atoms with van der Waals surface area (Å²) in [4.78, 5) is 11.6. The van der Waals surface area contributed by atoms with E-state index in [2.05, 4.69) is 26.0 Å². The average Bonchev–Trinajstić information content (AvgIpc) is 2.56. The third-order valence-electron chi connectivity index (χ3n) is 3.04. The minimum atomic E-state index is -3.91. The number of ether oxygens (including phenoxy) is 1. The minimum Gasteiger partial charge on any atom is -0.372 e. The first-order chi connectivity index (χ1) is 11.8. The van der Waals surface area contributed by atoms with Gasteiger partial charge >= 0.3 is 0 Å². The van der Waals surface area contributed by atoms with Gasteiger partial charge in [-0.25, -0.2) is 8.42 Å². The first-order valence-corrected chi connectivity index (χ1v) is 9.93. The number of rotatable bonds is 7. The summed E-state index contributed by atoms with van der Waals surface area (Å²) in [7, 11) is -3.91. The highest BCUT2D eigenvalue weighted by Crippen LogP contribution is 2.27. The highest BCUT2D eigenvalue weighted by atomic mass is 79.9. The summed E-state index contributed by atoms with van der Waals surface area (Å²) in [6, 6.07) is 10.9. The molecule has 0 unspecified atom stereocenters. The van der Waals surface area contributed by atoms with Gasteiger partial charge in [-0.2, -0.15) is 0 Å². The second kappa shape index (κ2) is 8.66. The Hall–Kier alpha value is -1.61. The molecule has 1 amide bonds. The van der Waals surface area contributed by atoms with Crippen molar-refractivity contribution in [3.63, 3.8) is 0 Å². The van der Waals surface area contributed by atoms with Crippen LogP contribution in [-0.2, 0) is 19.6 Å². The van der Waals surface area contributed by atoms with Gasteiger partial charge in [0.25, 0.3) is 10.0 Å². The van der Waals surface area contributed by atoms with E-state index in [-0.39, 0.29) is 22.4 Å². The molecule has 0 saturated carbocycles. The molecule has 0 saturated heterocycles. The summed E-state index contributed by atoms with van der Waals surface area (Å²) < 4.78 is 33.4. The average molecular weight is 448 g/mol. The first-order valence-electron chi connectivity index (χ1n) is 7.27. The zero-order valence-electron chi connectivity index (χ0n) is 13.3. The van der Waals surface area contributed by atoms with Gasteiger partial charge in [0.2, 0.25) is 5.91 Å². The summed E-state index contributed by atoms with van der Waals surface area (Å²) in [5.41, 5.74) is 0.704. The molecular weight excluding hydrogens is 432 g/mol. The van der Waals surface area contributed by atoms with Crippen LogP contribution >= 0.6 is 27.5 Å². The maximum atomic E-state index is 12.6. The lowest BCUT2D eigenvalue weighted by Crippen LogP contribution is -2.19. The zero-order chi connectivity index (χ0) is 18.4. The highest BCUT2D eigenvalue weighted by molar-refractivity contribution is 9.10. The number of halogens is 2. The molecule has 6 nitrogen and oxygen atoms in total. The van der Waals surface area contributed by atoms with Gasteiger partial charge < -0.3 is 10.1 Å². The van der Waals surface area contributed by atoms with Crippen molar-refractivity contribution in [2.75, 3.05) is 23.3 Å². The van der Waals surface area contributed by atoms with Crippen LogP contribution in [0.15, 0.2) is 51.8 Å². The fourth-order valence-corrected chi connectivity index (χ4v) is 3.76. The molecule has 134 valence electrons. The SMILES string of the molecule is CCOCC(=O)Nc1ccc(Cl)c(S(=O)(=O)Nc2ccc(Br)cc2)c1. The van der Waals surface area contributed by atoms with Crippen molar-refractivity contribution in [1.29, 1.82) is 0 Å². The van der Waals surface area contributed by atoms with Crippen molar-refractivity contribution in [2.24, 2.45) is 0 Å². The van der Waals surface area contributed by atoms with Crippen LogP contribution in [0.3, 0.4) is 0 Å². The van der Waals surface area contributed by atoms with E-state index in [1.165, 1.54) is 18.2 Å². The zero-order valence-corrected chi connectivity index (χ0v) is 16.4. The van der Waals surface area contributed by atoms with E-state index >= 15 is 0 Å². The summed E-state index contributed by atoms with van der Waals surface area (Å²) in [5.74, 6) is -0.381. The Morgan fingerprint density at radius 2 is 1.80 bits per heavy atom. The fourth-order valence-electron chi connectivity index (χ4n) is 1.91. The topological polar surface area (TPSA) is 84.5 Å². The number of amides is 1. The molecule has 0 atom stereocenters. The summed E-state index contributed by atoms with van der Waals surface area (Å²) >= 11 is 9.31. The molecular formula is C16H16BrClN2O4S. The first kappa shape index (κ1) is 19.7. The smallest absolute Gasteiger partial charge is 0.263 e. The quantitative estimate of drug-likeness (QED) is 0.674. The minimum absolute atomic E-state index is 0.0485. The second-order valence-electron chi connectivity index (χ2n) is 4.94. The van der Waals surface area contributed by atoms with E-state index in [0.717, 1.165) is 4.47 Å². The molecule has 2 N–H and O–H groups in total. The van der Waals surface area contributed by atoms with E-state index in [1.807, 2.05) is 0 Å². The normalized spacial score (nSPS) is 11.2. The van der Waals surface area contributed by atoms with Crippen molar-refractivity contribution in [3.8, 4) is 0 Å². The number of nitrogens with one attached hydrogen (secondary N) is 2. The van der Waals surface area contributed by atoms with Crippen LogP contribution < -0.4 is 10.0 Å². The van der Waals surface area contributed by atoms with Crippen LogP contribution in [0.2, 0.25) is 5.02 Å². The predicted octanol–water partition coefficient (Wildman–Crippen LogP) is 3.88. The molecule has 0 bridgehead atoms. The Balaban J connectivity index is 2.23. The predicted molar refractivity (Wildman–Crippen MR) is 102 cm³/mol. The summed E-state index contributed by atoms with van der Waals surface area (Å²) in [5, 5.41) is 2.62. The van der Waals surface area contributed by atoms with Crippen LogP contribution in [0.5, 0.6) is 0 Å². The molecule has 0 aliphatic heterocycles. The molecule has 0 aromatic heterocycles. The van der Waals surface area contributed by atoms with Crippen LogP contribution in [0.25, 0.3) is 0 Å². The van der Waals surface area contributed by atoms with Gasteiger partial charge in [0.15, 0.2) is 0 Å². The maximum absolute atomic E-state index is 12.6. The Labute approximate surface area is 159 Å². The van der Waals surface area contributed by atoms with E-state index in [9.17, 15) is 13.2 Å². The third kappa shape index (κ3) is 5.71. The van der Waals surface area contributed by atoms with Gasteiger partial charge in [-0.15, -0.1) is 0 Å². The summed E-state index contributed by atoms with van der Waals surface area (Å²) in [6.45, 7) is 2.07.